The molecule has 0 saturated carbocycles. The Morgan fingerprint density at radius 3 is 2.43 bits per heavy atom. The van der Waals surface area contributed by atoms with Crippen LogP contribution < -0.4 is 15.0 Å². The van der Waals surface area contributed by atoms with E-state index < -0.39 is 0 Å². The summed E-state index contributed by atoms with van der Waals surface area (Å²) >= 11 is 0. The summed E-state index contributed by atoms with van der Waals surface area (Å²) < 4.78 is 5.66. The highest BCUT2D eigenvalue weighted by molar-refractivity contribution is 5.56. The summed E-state index contributed by atoms with van der Waals surface area (Å²) in [6.45, 7) is 8.21. The fourth-order valence-corrected chi connectivity index (χ4v) is 2.73. The second-order valence-electron chi connectivity index (χ2n) is 6.20. The molecule has 0 unspecified atom stereocenters. The molecule has 1 fully saturated rings. The monoisotopic (exact) mass is 312 g/mol. The van der Waals surface area contributed by atoms with E-state index in [1.807, 2.05) is 45.0 Å². The van der Waals surface area contributed by atoms with Crippen molar-refractivity contribution in [1.29, 1.82) is 0 Å². The van der Waals surface area contributed by atoms with E-state index in [9.17, 15) is 0 Å². The minimum absolute atomic E-state index is 0.178. The lowest BCUT2D eigenvalue weighted by molar-refractivity contribution is 0.242. The van der Waals surface area contributed by atoms with Crippen molar-refractivity contribution in [3.8, 4) is 5.75 Å². The minimum Gasteiger partial charge on any atom is -0.491 e. The first-order valence-electron chi connectivity index (χ1n) is 8.24. The molecular formula is C18H24N4O. The van der Waals surface area contributed by atoms with E-state index in [4.69, 9.17) is 4.74 Å². The molecule has 5 nitrogen and oxygen atoms in total. The fraction of sp³-hybridized carbons (Fsp3) is 0.444. The van der Waals surface area contributed by atoms with Gasteiger partial charge in [0.1, 0.15) is 11.6 Å². The smallest absolute Gasteiger partial charge is 0.229 e. The Morgan fingerprint density at radius 1 is 1.09 bits per heavy atom. The van der Waals surface area contributed by atoms with E-state index in [0.29, 0.717) is 5.95 Å². The number of ether oxygens (including phenoxy) is 1. The first kappa shape index (κ1) is 15.6. The number of benzene rings is 1. The zero-order valence-electron chi connectivity index (χ0n) is 14.0. The van der Waals surface area contributed by atoms with Crippen molar-refractivity contribution in [2.45, 2.75) is 39.7 Å². The maximum atomic E-state index is 5.66. The third-order valence-electron chi connectivity index (χ3n) is 3.75. The Bertz CT molecular complexity index is 649. The summed E-state index contributed by atoms with van der Waals surface area (Å²) in [5.41, 5.74) is 1.93. The first-order chi connectivity index (χ1) is 11.1. The molecule has 5 heteroatoms. The maximum absolute atomic E-state index is 5.66. The van der Waals surface area contributed by atoms with Crippen LogP contribution in [-0.2, 0) is 0 Å². The molecule has 0 atom stereocenters. The van der Waals surface area contributed by atoms with Gasteiger partial charge in [-0.05, 0) is 57.9 Å². The normalized spacial score (nSPS) is 14.3. The molecule has 1 aliphatic heterocycles. The standard InChI is InChI=1S/C18H24N4O/c1-13(2)23-16-8-6-15(7-9-16)20-18-19-14(3)12-17(21-18)22-10-4-5-11-22/h6-9,12-13H,4-5,10-11H2,1-3H3,(H,19,20,21). The Morgan fingerprint density at radius 2 is 1.78 bits per heavy atom. The molecule has 1 saturated heterocycles. The Balaban J connectivity index is 1.74. The minimum atomic E-state index is 0.178. The first-order valence-corrected chi connectivity index (χ1v) is 8.24. The lowest BCUT2D eigenvalue weighted by atomic mass is 10.3. The van der Waals surface area contributed by atoms with Gasteiger partial charge in [0, 0.05) is 30.5 Å². The van der Waals surface area contributed by atoms with Crippen molar-refractivity contribution >= 4 is 17.5 Å². The van der Waals surface area contributed by atoms with E-state index in [1.54, 1.807) is 0 Å². The Hall–Kier alpha value is -2.30. The topological polar surface area (TPSA) is 50.3 Å². The Labute approximate surface area is 137 Å². The molecular weight excluding hydrogens is 288 g/mol. The highest BCUT2D eigenvalue weighted by Crippen LogP contribution is 2.23. The second-order valence-corrected chi connectivity index (χ2v) is 6.20. The van der Waals surface area contributed by atoms with Crippen LogP contribution in [0.1, 0.15) is 32.4 Å². The van der Waals surface area contributed by atoms with Gasteiger partial charge < -0.3 is 15.0 Å². The van der Waals surface area contributed by atoms with Gasteiger partial charge in [-0.2, -0.15) is 4.98 Å². The van der Waals surface area contributed by atoms with Crippen molar-refractivity contribution in [1.82, 2.24) is 9.97 Å². The molecule has 23 heavy (non-hydrogen) atoms. The average molecular weight is 312 g/mol. The van der Waals surface area contributed by atoms with E-state index in [-0.39, 0.29) is 6.10 Å². The number of nitrogens with zero attached hydrogens (tertiary/aromatic N) is 3. The maximum Gasteiger partial charge on any atom is 0.229 e. The number of rotatable bonds is 5. The number of nitrogens with one attached hydrogen (secondary N) is 1. The van der Waals surface area contributed by atoms with Crippen LogP contribution in [0.25, 0.3) is 0 Å². The van der Waals surface area contributed by atoms with Gasteiger partial charge in [-0.15, -0.1) is 0 Å². The van der Waals surface area contributed by atoms with Crippen LogP contribution >= 0.6 is 0 Å². The summed E-state index contributed by atoms with van der Waals surface area (Å²) in [7, 11) is 0. The quantitative estimate of drug-likeness (QED) is 0.907. The third-order valence-corrected chi connectivity index (χ3v) is 3.75. The highest BCUT2D eigenvalue weighted by Gasteiger charge is 2.15. The predicted octanol–water partition coefficient (Wildman–Crippen LogP) is 3.92. The summed E-state index contributed by atoms with van der Waals surface area (Å²) in [5, 5.41) is 3.28. The molecule has 0 amide bonds. The van der Waals surface area contributed by atoms with Gasteiger partial charge in [-0.25, -0.2) is 4.98 Å². The van der Waals surface area contributed by atoms with Gasteiger partial charge in [-0.3, -0.25) is 0 Å². The lowest BCUT2D eigenvalue weighted by Crippen LogP contribution is -2.19. The van der Waals surface area contributed by atoms with Crippen molar-refractivity contribution in [3.63, 3.8) is 0 Å². The fourth-order valence-electron chi connectivity index (χ4n) is 2.73. The molecule has 1 aliphatic rings. The summed E-state index contributed by atoms with van der Waals surface area (Å²) in [6, 6.07) is 9.94. The molecule has 3 rings (SSSR count). The molecule has 122 valence electrons. The molecule has 1 aromatic carbocycles. The molecule has 0 spiro atoms. The van der Waals surface area contributed by atoms with E-state index >= 15 is 0 Å². The number of aromatic nitrogens is 2. The zero-order valence-corrected chi connectivity index (χ0v) is 14.0. The summed E-state index contributed by atoms with van der Waals surface area (Å²) in [5.74, 6) is 2.52. The Kier molecular flexibility index (Phi) is 4.65. The number of anilines is 3. The summed E-state index contributed by atoms with van der Waals surface area (Å²) in [4.78, 5) is 11.5. The van der Waals surface area contributed by atoms with Crippen LogP contribution in [0.15, 0.2) is 30.3 Å². The van der Waals surface area contributed by atoms with E-state index in [2.05, 4.69) is 26.3 Å². The van der Waals surface area contributed by atoms with Crippen LogP contribution in [0.4, 0.5) is 17.5 Å². The number of hydrogen-bond donors (Lipinski definition) is 1. The molecule has 0 aliphatic carbocycles. The van der Waals surface area contributed by atoms with Gasteiger partial charge in [-0.1, -0.05) is 0 Å². The zero-order chi connectivity index (χ0) is 16.2. The largest absolute Gasteiger partial charge is 0.491 e. The predicted molar refractivity (Wildman–Crippen MR) is 93.7 cm³/mol. The number of aryl methyl sites for hydroxylation is 1. The second kappa shape index (κ2) is 6.86. The van der Waals surface area contributed by atoms with E-state index in [0.717, 1.165) is 36.0 Å². The molecule has 0 bridgehead atoms. The molecule has 0 radical (unpaired) electrons. The molecule has 2 aromatic rings. The van der Waals surface area contributed by atoms with Crippen LogP contribution in [0.5, 0.6) is 5.75 Å². The highest BCUT2D eigenvalue weighted by atomic mass is 16.5. The van der Waals surface area contributed by atoms with Gasteiger partial charge in [0.2, 0.25) is 5.95 Å². The van der Waals surface area contributed by atoms with Gasteiger partial charge in [0.15, 0.2) is 0 Å². The molecule has 2 heterocycles. The van der Waals surface area contributed by atoms with Gasteiger partial charge in [0.25, 0.3) is 0 Å². The van der Waals surface area contributed by atoms with Crippen molar-refractivity contribution in [2.75, 3.05) is 23.3 Å². The van der Waals surface area contributed by atoms with E-state index in [1.165, 1.54) is 12.8 Å². The van der Waals surface area contributed by atoms with Crippen molar-refractivity contribution in [2.24, 2.45) is 0 Å². The van der Waals surface area contributed by atoms with Crippen LogP contribution in [0, 0.1) is 6.92 Å². The summed E-state index contributed by atoms with van der Waals surface area (Å²) in [6.07, 6.45) is 2.66. The average Bonchev–Trinajstić information content (AvgIpc) is 3.02. The van der Waals surface area contributed by atoms with Crippen LogP contribution in [0.2, 0.25) is 0 Å². The van der Waals surface area contributed by atoms with Crippen molar-refractivity contribution < 1.29 is 4.74 Å². The third kappa shape index (κ3) is 4.12. The van der Waals surface area contributed by atoms with Gasteiger partial charge >= 0.3 is 0 Å². The SMILES string of the molecule is Cc1cc(N2CCCC2)nc(Nc2ccc(OC(C)C)cc2)n1. The van der Waals surface area contributed by atoms with Crippen LogP contribution in [0.3, 0.4) is 0 Å². The number of hydrogen-bond acceptors (Lipinski definition) is 5. The lowest BCUT2D eigenvalue weighted by Gasteiger charge is -2.17. The van der Waals surface area contributed by atoms with Crippen LogP contribution in [-0.4, -0.2) is 29.2 Å². The molecule has 1 N–H and O–H groups in total. The van der Waals surface area contributed by atoms with Crippen molar-refractivity contribution in [3.05, 3.63) is 36.0 Å². The molecule has 1 aromatic heterocycles. The van der Waals surface area contributed by atoms with Gasteiger partial charge in [0.05, 0.1) is 6.10 Å².